The molecule has 1 aliphatic rings. The Kier molecular flexibility index (Phi) is 3.99. The first kappa shape index (κ1) is 13.8. The van der Waals surface area contributed by atoms with E-state index in [1.807, 2.05) is 12.1 Å². The molecule has 0 amide bonds. The molecular weight excluding hydrogens is 272 g/mol. The minimum Gasteiger partial charge on any atom is -0.378 e. The van der Waals surface area contributed by atoms with Gasteiger partial charge < -0.3 is 10.2 Å². The molecule has 2 heterocycles. The van der Waals surface area contributed by atoms with Gasteiger partial charge in [-0.15, -0.1) is 0 Å². The maximum atomic E-state index is 13.2. The van der Waals surface area contributed by atoms with Crippen LogP contribution in [0.5, 0.6) is 0 Å². The number of rotatable bonds is 4. The van der Waals surface area contributed by atoms with E-state index in [1.165, 1.54) is 25.0 Å². The fourth-order valence-electron chi connectivity index (χ4n) is 2.63. The minimum atomic E-state index is -0.558. The number of anilines is 2. The first-order valence-electron chi connectivity index (χ1n) is 7.11. The average Bonchev–Trinajstić information content (AvgIpc) is 2.98. The second-order valence-electron chi connectivity index (χ2n) is 5.20. The van der Waals surface area contributed by atoms with Crippen LogP contribution in [0.15, 0.2) is 36.5 Å². The molecule has 1 aromatic carbocycles. The van der Waals surface area contributed by atoms with Crippen LogP contribution < -0.4 is 10.2 Å². The summed E-state index contributed by atoms with van der Waals surface area (Å²) in [6.07, 6.45) is 4.11. The van der Waals surface area contributed by atoms with E-state index in [4.69, 9.17) is 0 Å². The monoisotopic (exact) mass is 289 g/mol. The van der Waals surface area contributed by atoms with Crippen LogP contribution in [0.3, 0.4) is 0 Å². The Hall–Kier alpha value is -2.17. The van der Waals surface area contributed by atoms with E-state index >= 15 is 0 Å². The third-order valence-electron chi connectivity index (χ3n) is 3.60. The molecule has 1 aliphatic heterocycles. The van der Waals surface area contributed by atoms with Crippen LogP contribution in [-0.4, -0.2) is 18.1 Å². The molecule has 3 nitrogen and oxygen atoms in total. The van der Waals surface area contributed by atoms with Gasteiger partial charge >= 0.3 is 0 Å². The summed E-state index contributed by atoms with van der Waals surface area (Å²) in [6.45, 7) is 2.36. The van der Waals surface area contributed by atoms with Gasteiger partial charge in [-0.25, -0.2) is 13.8 Å². The van der Waals surface area contributed by atoms with Crippen molar-refractivity contribution in [2.45, 2.75) is 19.4 Å². The van der Waals surface area contributed by atoms with Crippen molar-refractivity contribution < 1.29 is 8.78 Å². The molecule has 0 saturated carbocycles. The Morgan fingerprint density at radius 2 is 1.81 bits per heavy atom. The Morgan fingerprint density at radius 1 is 1.10 bits per heavy atom. The minimum absolute atomic E-state index is 0.362. The van der Waals surface area contributed by atoms with Crippen molar-refractivity contribution in [1.29, 1.82) is 0 Å². The second-order valence-corrected chi connectivity index (χ2v) is 5.20. The van der Waals surface area contributed by atoms with Crippen LogP contribution in [0.1, 0.15) is 18.4 Å². The van der Waals surface area contributed by atoms with Crippen LogP contribution in [-0.2, 0) is 6.54 Å². The molecule has 5 heteroatoms. The van der Waals surface area contributed by atoms with Gasteiger partial charge in [0.05, 0.1) is 5.69 Å². The number of nitrogens with zero attached hydrogens (tertiary/aromatic N) is 2. The van der Waals surface area contributed by atoms with Gasteiger partial charge in [0.1, 0.15) is 11.6 Å². The van der Waals surface area contributed by atoms with Gasteiger partial charge in [-0.1, -0.05) is 0 Å². The van der Waals surface area contributed by atoms with E-state index in [-0.39, 0.29) is 0 Å². The molecule has 0 atom stereocenters. The molecule has 1 N–H and O–H groups in total. The number of halogens is 2. The maximum absolute atomic E-state index is 13.2. The van der Waals surface area contributed by atoms with Gasteiger partial charge in [0.2, 0.25) is 0 Å². The summed E-state index contributed by atoms with van der Waals surface area (Å²) >= 11 is 0. The largest absolute Gasteiger partial charge is 0.378 e. The van der Waals surface area contributed by atoms with Gasteiger partial charge in [0.25, 0.3) is 0 Å². The zero-order valence-corrected chi connectivity index (χ0v) is 11.6. The summed E-state index contributed by atoms with van der Waals surface area (Å²) in [7, 11) is 0. The highest BCUT2D eigenvalue weighted by Crippen LogP contribution is 2.26. The van der Waals surface area contributed by atoms with Crippen LogP contribution in [0.4, 0.5) is 20.3 Å². The zero-order chi connectivity index (χ0) is 14.7. The van der Waals surface area contributed by atoms with Gasteiger partial charge in [-0.3, -0.25) is 0 Å². The maximum Gasteiger partial charge on any atom is 0.151 e. The van der Waals surface area contributed by atoms with E-state index in [9.17, 15) is 8.78 Å². The topological polar surface area (TPSA) is 28.2 Å². The van der Waals surface area contributed by atoms with E-state index in [2.05, 4.69) is 15.2 Å². The highest BCUT2D eigenvalue weighted by atomic mass is 19.1. The Balaban J connectivity index is 1.75. The molecule has 21 heavy (non-hydrogen) atoms. The van der Waals surface area contributed by atoms with Gasteiger partial charge in [-0.2, -0.15) is 0 Å². The van der Waals surface area contributed by atoms with Crippen LogP contribution in [0.2, 0.25) is 0 Å². The molecular formula is C16H17F2N3. The molecule has 0 radical (unpaired) electrons. The molecule has 1 fully saturated rings. The number of benzene rings is 1. The molecule has 1 saturated heterocycles. The highest BCUT2D eigenvalue weighted by molar-refractivity contribution is 5.65. The average molecular weight is 289 g/mol. The summed E-state index contributed by atoms with van der Waals surface area (Å²) in [4.78, 5) is 6.65. The van der Waals surface area contributed by atoms with E-state index in [0.717, 1.165) is 30.7 Å². The highest BCUT2D eigenvalue weighted by Gasteiger charge is 2.16. The lowest BCUT2D eigenvalue weighted by Gasteiger charge is -2.20. The van der Waals surface area contributed by atoms with Crippen LogP contribution >= 0.6 is 0 Å². The van der Waals surface area contributed by atoms with Crippen LogP contribution in [0.25, 0.3) is 0 Å². The summed E-state index contributed by atoms with van der Waals surface area (Å²) in [6, 6.07) is 7.34. The molecule has 0 spiro atoms. The van der Waals surface area contributed by atoms with Crippen molar-refractivity contribution in [3.8, 4) is 0 Å². The van der Waals surface area contributed by atoms with Gasteiger partial charge in [0, 0.05) is 31.9 Å². The SMILES string of the molecule is Fc1cc(F)cc(CNc2cccnc2N2CCCC2)c1. The Bertz CT molecular complexity index is 604. The lowest BCUT2D eigenvalue weighted by molar-refractivity contribution is 0.580. The first-order chi connectivity index (χ1) is 10.2. The molecule has 0 bridgehead atoms. The normalized spacial score (nSPS) is 14.5. The quantitative estimate of drug-likeness (QED) is 0.932. The fraction of sp³-hybridized carbons (Fsp3) is 0.312. The standard InChI is InChI=1S/C16H17F2N3/c17-13-8-12(9-14(18)10-13)11-20-15-4-3-5-19-16(15)21-6-1-2-7-21/h3-5,8-10,20H,1-2,6-7,11H2. The zero-order valence-electron chi connectivity index (χ0n) is 11.6. The lowest BCUT2D eigenvalue weighted by atomic mass is 10.2. The fourth-order valence-corrected chi connectivity index (χ4v) is 2.63. The third kappa shape index (κ3) is 3.29. The van der Waals surface area contributed by atoms with E-state index in [0.29, 0.717) is 12.1 Å². The van der Waals surface area contributed by atoms with Gasteiger partial charge in [0.15, 0.2) is 5.82 Å². The van der Waals surface area contributed by atoms with Crippen molar-refractivity contribution >= 4 is 11.5 Å². The Morgan fingerprint density at radius 3 is 2.52 bits per heavy atom. The summed E-state index contributed by atoms with van der Waals surface area (Å²) in [5.74, 6) is -0.206. The summed E-state index contributed by atoms with van der Waals surface area (Å²) < 4.78 is 26.4. The predicted molar refractivity (Wildman–Crippen MR) is 79.4 cm³/mol. The second kappa shape index (κ2) is 6.08. The van der Waals surface area contributed by atoms with E-state index in [1.54, 1.807) is 6.20 Å². The van der Waals surface area contributed by atoms with Crippen molar-refractivity contribution in [2.75, 3.05) is 23.3 Å². The summed E-state index contributed by atoms with van der Waals surface area (Å²) in [5.41, 5.74) is 1.47. The van der Waals surface area contributed by atoms with E-state index < -0.39 is 11.6 Å². The first-order valence-corrected chi connectivity index (χ1v) is 7.11. The number of hydrogen-bond donors (Lipinski definition) is 1. The van der Waals surface area contributed by atoms with Crippen molar-refractivity contribution in [1.82, 2.24) is 4.98 Å². The van der Waals surface area contributed by atoms with Crippen molar-refractivity contribution in [2.24, 2.45) is 0 Å². The molecule has 3 rings (SSSR count). The molecule has 2 aromatic rings. The smallest absolute Gasteiger partial charge is 0.151 e. The predicted octanol–water partition coefficient (Wildman–Crippen LogP) is 3.57. The number of pyridine rings is 1. The number of aromatic nitrogens is 1. The number of nitrogens with one attached hydrogen (secondary N) is 1. The molecule has 1 aromatic heterocycles. The Labute approximate surface area is 122 Å². The molecule has 0 unspecified atom stereocenters. The summed E-state index contributed by atoms with van der Waals surface area (Å²) in [5, 5.41) is 3.22. The third-order valence-corrected chi connectivity index (χ3v) is 3.60. The van der Waals surface area contributed by atoms with Crippen LogP contribution in [0, 0.1) is 11.6 Å². The molecule has 110 valence electrons. The van der Waals surface area contributed by atoms with Gasteiger partial charge in [-0.05, 0) is 42.7 Å². The molecule has 0 aliphatic carbocycles. The number of hydrogen-bond acceptors (Lipinski definition) is 3. The van der Waals surface area contributed by atoms with Crippen molar-refractivity contribution in [3.05, 3.63) is 53.7 Å². The van der Waals surface area contributed by atoms with Crippen molar-refractivity contribution in [3.63, 3.8) is 0 Å². The lowest BCUT2D eigenvalue weighted by Crippen LogP contribution is -2.20.